The zero-order valence-electron chi connectivity index (χ0n) is 8.30. The second-order valence-corrected chi connectivity index (χ2v) is 5.49. The Bertz CT molecular complexity index is 617. The molecule has 7 heteroatoms. The predicted octanol–water partition coefficient (Wildman–Crippen LogP) is 3.53. The van der Waals surface area contributed by atoms with Gasteiger partial charge in [-0.1, -0.05) is 11.6 Å². The lowest BCUT2D eigenvalue weighted by molar-refractivity contribution is 1.10. The smallest absolute Gasteiger partial charge is 0.266 e. The van der Waals surface area contributed by atoms with E-state index in [0.717, 1.165) is 10.2 Å². The van der Waals surface area contributed by atoms with E-state index in [4.69, 9.17) is 11.6 Å². The number of H-pyrrole nitrogens is 1. The molecule has 0 aliphatic rings. The number of hydrogen-bond acceptors (Lipinski definition) is 3. The molecule has 0 bridgehead atoms. The van der Waals surface area contributed by atoms with Gasteiger partial charge in [0.15, 0.2) is 5.82 Å². The third-order valence-electron chi connectivity index (χ3n) is 1.98. The number of nitrogens with zero attached hydrogens (tertiary/aromatic N) is 1. The molecule has 2 aromatic rings. The third kappa shape index (κ3) is 2.99. The molecule has 88 valence electrons. The van der Waals surface area contributed by atoms with Gasteiger partial charge in [-0.25, -0.2) is 4.98 Å². The fraction of sp³-hybridized carbons (Fsp3) is 0. The minimum absolute atomic E-state index is 0.170. The van der Waals surface area contributed by atoms with Crippen LogP contribution in [0.1, 0.15) is 0 Å². The van der Waals surface area contributed by atoms with Crippen LogP contribution in [0.5, 0.6) is 0 Å². The van der Waals surface area contributed by atoms with E-state index in [0.29, 0.717) is 14.4 Å². The highest BCUT2D eigenvalue weighted by molar-refractivity contribution is 14.1. The quantitative estimate of drug-likeness (QED) is 0.723. The van der Waals surface area contributed by atoms with Crippen molar-refractivity contribution in [1.82, 2.24) is 9.97 Å². The van der Waals surface area contributed by atoms with Crippen LogP contribution in [0.3, 0.4) is 0 Å². The van der Waals surface area contributed by atoms with Crippen molar-refractivity contribution in [2.45, 2.75) is 0 Å². The predicted molar refractivity (Wildman–Crippen MR) is 80.0 cm³/mol. The van der Waals surface area contributed by atoms with Crippen molar-refractivity contribution < 1.29 is 0 Å². The van der Waals surface area contributed by atoms with E-state index in [2.05, 4.69) is 31.2 Å². The standard InChI is InChI=1S/C10H6BrClIN3O/c11-6-3-5(1-2-7(6)12)16-9-8(13)10(17)15-4-14-9/h1-4H,(H2,14,15,16,17). The summed E-state index contributed by atoms with van der Waals surface area (Å²) < 4.78 is 1.29. The van der Waals surface area contributed by atoms with Crippen molar-refractivity contribution in [3.05, 3.63) is 47.9 Å². The maximum absolute atomic E-state index is 11.4. The number of rotatable bonds is 2. The molecule has 1 aromatic carbocycles. The van der Waals surface area contributed by atoms with Gasteiger partial charge in [0.05, 0.1) is 11.3 Å². The molecule has 1 aromatic heterocycles. The van der Waals surface area contributed by atoms with Crippen molar-refractivity contribution in [2.75, 3.05) is 5.32 Å². The topological polar surface area (TPSA) is 57.8 Å². The minimum atomic E-state index is -0.170. The molecule has 0 atom stereocenters. The van der Waals surface area contributed by atoms with Gasteiger partial charge in [0.2, 0.25) is 0 Å². The Balaban J connectivity index is 2.35. The summed E-state index contributed by atoms with van der Waals surface area (Å²) >= 11 is 11.2. The molecule has 0 unspecified atom stereocenters. The summed E-state index contributed by atoms with van der Waals surface area (Å²) in [5.74, 6) is 0.517. The van der Waals surface area contributed by atoms with Crippen LogP contribution in [0.15, 0.2) is 33.8 Å². The van der Waals surface area contributed by atoms with Crippen molar-refractivity contribution in [3.8, 4) is 0 Å². The molecule has 2 N–H and O–H groups in total. The molecule has 0 fully saturated rings. The molecule has 0 saturated heterocycles. The molecular formula is C10H6BrClIN3O. The van der Waals surface area contributed by atoms with E-state index in [-0.39, 0.29) is 5.56 Å². The van der Waals surface area contributed by atoms with Crippen LogP contribution in [-0.2, 0) is 0 Å². The summed E-state index contributed by atoms with van der Waals surface area (Å²) in [6, 6.07) is 5.39. The molecule has 17 heavy (non-hydrogen) atoms. The summed E-state index contributed by atoms with van der Waals surface area (Å²) in [6.07, 6.45) is 1.36. The normalized spacial score (nSPS) is 10.3. The molecule has 2 rings (SSSR count). The number of hydrogen-bond donors (Lipinski definition) is 2. The number of benzene rings is 1. The molecule has 0 spiro atoms. The number of halogens is 3. The molecule has 0 saturated carbocycles. The third-order valence-corrected chi connectivity index (χ3v) is 4.19. The summed E-state index contributed by atoms with van der Waals surface area (Å²) in [5, 5.41) is 3.68. The lowest BCUT2D eigenvalue weighted by Crippen LogP contribution is -2.12. The zero-order valence-corrected chi connectivity index (χ0v) is 12.8. The van der Waals surface area contributed by atoms with E-state index in [1.807, 2.05) is 34.7 Å². The first kappa shape index (κ1) is 12.8. The minimum Gasteiger partial charge on any atom is -0.339 e. The Hall–Kier alpha value is -0.600. The van der Waals surface area contributed by atoms with Crippen LogP contribution in [0.2, 0.25) is 5.02 Å². The van der Waals surface area contributed by atoms with E-state index >= 15 is 0 Å². The number of anilines is 2. The SMILES string of the molecule is O=c1[nH]cnc(Nc2ccc(Cl)c(Br)c2)c1I. The Morgan fingerprint density at radius 3 is 2.94 bits per heavy atom. The molecule has 4 nitrogen and oxygen atoms in total. The zero-order chi connectivity index (χ0) is 12.4. The maximum Gasteiger partial charge on any atom is 0.266 e. The summed E-state index contributed by atoms with van der Waals surface area (Å²) in [6.45, 7) is 0. The van der Waals surface area contributed by atoms with Gasteiger partial charge >= 0.3 is 0 Å². The fourth-order valence-electron chi connectivity index (χ4n) is 1.18. The first-order valence-electron chi connectivity index (χ1n) is 4.53. The molecular weight excluding hydrogens is 420 g/mol. The summed E-state index contributed by atoms with van der Waals surface area (Å²) in [5.41, 5.74) is 0.633. The fourth-order valence-corrected chi connectivity index (χ4v) is 2.11. The number of aromatic nitrogens is 2. The highest BCUT2D eigenvalue weighted by Gasteiger charge is 2.06. The average molecular weight is 426 g/mol. The maximum atomic E-state index is 11.4. The van der Waals surface area contributed by atoms with Crippen molar-refractivity contribution in [1.29, 1.82) is 0 Å². The van der Waals surface area contributed by atoms with Gasteiger partial charge in [0, 0.05) is 10.2 Å². The van der Waals surface area contributed by atoms with Crippen LogP contribution in [-0.4, -0.2) is 9.97 Å². The molecule has 0 radical (unpaired) electrons. The van der Waals surface area contributed by atoms with Gasteiger partial charge < -0.3 is 10.3 Å². The number of aromatic amines is 1. The van der Waals surface area contributed by atoms with Crippen LogP contribution in [0.4, 0.5) is 11.5 Å². The van der Waals surface area contributed by atoms with Crippen molar-refractivity contribution >= 4 is 61.6 Å². The van der Waals surface area contributed by atoms with Gasteiger partial charge in [-0.3, -0.25) is 4.79 Å². The molecule has 0 aliphatic heterocycles. The highest BCUT2D eigenvalue weighted by atomic mass is 127. The van der Waals surface area contributed by atoms with Crippen LogP contribution in [0, 0.1) is 3.57 Å². The van der Waals surface area contributed by atoms with Gasteiger partial charge in [-0.15, -0.1) is 0 Å². The largest absolute Gasteiger partial charge is 0.339 e. The Morgan fingerprint density at radius 2 is 2.24 bits per heavy atom. The van der Waals surface area contributed by atoms with E-state index in [9.17, 15) is 4.79 Å². The first-order chi connectivity index (χ1) is 8.08. The van der Waals surface area contributed by atoms with Gasteiger partial charge in [-0.05, 0) is 56.7 Å². The monoisotopic (exact) mass is 425 g/mol. The van der Waals surface area contributed by atoms with E-state index < -0.39 is 0 Å². The lowest BCUT2D eigenvalue weighted by Gasteiger charge is -2.07. The van der Waals surface area contributed by atoms with Crippen LogP contribution < -0.4 is 10.9 Å². The van der Waals surface area contributed by atoms with Crippen LogP contribution >= 0.6 is 50.1 Å². The van der Waals surface area contributed by atoms with E-state index in [1.165, 1.54) is 6.33 Å². The Kier molecular flexibility index (Phi) is 4.05. The second kappa shape index (κ2) is 5.36. The Labute approximate surface area is 124 Å². The second-order valence-electron chi connectivity index (χ2n) is 3.15. The average Bonchev–Trinajstić information content (AvgIpc) is 2.30. The van der Waals surface area contributed by atoms with Gasteiger partial charge in [-0.2, -0.15) is 0 Å². The van der Waals surface area contributed by atoms with Crippen molar-refractivity contribution in [3.63, 3.8) is 0 Å². The number of nitrogens with one attached hydrogen (secondary N) is 2. The lowest BCUT2D eigenvalue weighted by atomic mass is 10.3. The van der Waals surface area contributed by atoms with Gasteiger partial charge in [0.1, 0.15) is 3.57 Å². The van der Waals surface area contributed by atoms with Crippen LogP contribution in [0.25, 0.3) is 0 Å². The molecule has 0 amide bonds. The van der Waals surface area contributed by atoms with Crippen molar-refractivity contribution in [2.24, 2.45) is 0 Å². The summed E-state index contributed by atoms with van der Waals surface area (Å²) in [7, 11) is 0. The molecule has 1 heterocycles. The molecule has 0 aliphatic carbocycles. The summed E-state index contributed by atoms with van der Waals surface area (Å²) in [4.78, 5) is 17.9. The van der Waals surface area contributed by atoms with E-state index in [1.54, 1.807) is 6.07 Å². The highest BCUT2D eigenvalue weighted by Crippen LogP contribution is 2.27. The van der Waals surface area contributed by atoms with Gasteiger partial charge in [0.25, 0.3) is 5.56 Å². The Morgan fingerprint density at radius 1 is 1.47 bits per heavy atom. The first-order valence-corrected chi connectivity index (χ1v) is 6.78.